The molecule has 19 heavy (non-hydrogen) atoms. The van der Waals surface area contributed by atoms with E-state index in [4.69, 9.17) is 27.9 Å². The van der Waals surface area contributed by atoms with Crippen molar-refractivity contribution < 1.29 is 13.5 Å². The highest BCUT2D eigenvalue weighted by Crippen LogP contribution is 2.30. The van der Waals surface area contributed by atoms with Crippen LogP contribution in [0.15, 0.2) is 36.4 Å². The zero-order valence-electron chi connectivity index (χ0n) is 9.80. The molecule has 0 aliphatic rings. The zero-order chi connectivity index (χ0) is 13.8. The van der Waals surface area contributed by atoms with Crippen LogP contribution in [0.5, 0.6) is 5.75 Å². The maximum atomic E-state index is 13.5. The monoisotopic (exact) mass is 302 g/mol. The first-order chi connectivity index (χ1) is 9.11. The molecule has 0 aliphatic heterocycles. The second-order valence-electron chi connectivity index (χ2n) is 3.89. The minimum absolute atomic E-state index is 0.0419. The molecule has 0 N–H and O–H groups in total. The molecule has 2 aromatic carbocycles. The van der Waals surface area contributed by atoms with Gasteiger partial charge in [0.1, 0.15) is 24.0 Å². The van der Waals surface area contributed by atoms with Crippen molar-refractivity contribution in [2.24, 2.45) is 0 Å². The summed E-state index contributed by atoms with van der Waals surface area (Å²) in [6, 6.07) is 8.51. The number of alkyl halides is 1. The second kappa shape index (κ2) is 6.22. The Morgan fingerprint density at radius 1 is 1.05 bits per heavy atom. The summed E-state index contributed by atoms with van der Waals surface area (Å²) in [5.41, 5.74) is 0.971. The quantitative estimate of drug-likeness (QED) is 0.727. The molecular weight excluding hydrogens is 293 g/mol. The third-order valence-corrected chi connectivity index (χ3v) is 3.17. The van der Waals surface area contributed by atoms with Crippen molar-refractivity contribution in [3.05, 3.63) is 64.2 Å². The van der Waals surface area contributed by atoms with Crippen LogP contribution in [0, 0.1) is 11.6 Å². The topological polar surface area (TPSA) is 9.23 Å². The van der Waals surface area contributed by atoms with Crippen molar-refractivity contribution in [3.63, 3.8) is 0 Å². The Balaban J connectivity index is 2.19. The molecule has 0 amide bonds. The number of halogens is 4. The lowest BCUT2D eigenvalue weighted by Crippen LogP contribution is -2.01. The van der Waals surface area contributed by atoms with E-state index >= 15 is 0 Å². The highest BCUT2D eigenvalue weighted by Gasteiger charge is 2.10. The van der Waals surface area contributed by atoms with Gasteiger partial charge in [0.05, 0.1) is 10.9 Å². The lowest BCUT2D eigenvalue weighted by atomic mass is 10.2. The molecule has 0 saturated heterocycles. The largest absolute Gasteiger partial charge is 0.487 e. The first kappa shape index (κ1) is 14.1. The SMILES string of the molecule is Fc1ccc(COc2c(Cl)cccc2CCl)c(F)c1. The van der Waals surface area contributed by atoms with Crippen LogP contribution >= 0.6 is 23.2 Å². The van der Waals surface area contributed by atoms with Crippen LogP contribution in [0.25, 0.3) is 0 Å². The molecular formula is C14H10Cl2F2O. The van der Waals surface area contributed by atoms with E-state index in [1.165, 1.54) is 12.1 Å². The number of para-hydroxylation sites is 1. The molecule has 1 nitrogen and oxygen atoms in total. The summed E-state index contributed by atoms with van der Waals surface area (Å²) in [5, 5.41) is 0.403. The molecule has 0 saturated carbocycles. The smallest absolute Gasteiger partial charge is 0.142 e. The molecule has 0 fully saturated rings. The lowest BCUT2D eigenvalue weighted by molar-refractivity contribution is 0.297. The van der Waals surface area contributed by atoms with Gasteiger partial charge in [-0.2, -0.15) is 0 Å². The van der Waals surface area contributed by atoms with Crippen LogP contribution in [0.4, 0.5) is 8.78 Å². The van der Waals surface area contributed by atoms with Crippen LogP contribution in [0.2, 0.25) is 5.02 Å². The van der Waals surface area contributed by atoms with Gasteiger partial charge in [-0.1, -0.05) is 23.7 Å². The van der Waals surface area contributed by atoms with Crippen molar-refractivity contribution >= 4 is 23.2 Å². The summed E-state index contributed by atoms with van der Waals surface area (Å²) in [6.07, 6.45) is 0. The Kier molecular flexibility index (Phi) is 4.61. The Morgan fingerprint density at radius 3 is 2.53 bits per heavy atom. The molecule has 0 bridgehead atoms. The molecule has 100 valence electrons. The number of benzene rings is 2. The third-order valence-electron chi connectivity index (χ3n) is 2.58. The fraction of sp³-hybridized carbons (Fsp3) is 0.143. The predicted molar refractivity (Wildman–Crippen MR) is 71.7 cm³/mol. The highest BCUT2D eigenvalue weighted by atomic mass is 35.5. The number of hydrogen-bond acceptors (Lipinski definition) is 1. The maximum Gasteiger partial charge on any atom is 0.142 e. The van der Waals surface area contributed by atoms with Crippen LogP contribution < -0.4 is 4.74 Å². The molecule has 0 atom stereocenters. The summed E-state index contributed by atoms with van der Waals surface area (Å²) >= 11 is 11.8. The van der Waals surface area contributed by atoms with Crippen molar-refractivity contribution in [2.75, 3.05) is 0 Å². The van der Waals surface area contributed by atoms with E-state index in [1.807, 2.05) is 0 Å². The van der Waals surface area contributed by atoms with Crippen LogP contribution in [0.1, 0.15) is 11.1 Å². The average molecular weight is 303 g/mol. The van der Waals surface area contributed by atoms with E-state index in [0.29, 0.717) is 10.8 Å². The van der Waals surface area contributed by atoms with Crippen LogP contribution in [-0.2, 0) is 12.5 Å². The normalized spacial score (nSPS) is 10.5. The van der Waals surface area contributed by atoms with Gasteiger partial charge in [0.15, 0.2) is 0 Å². The minimum atomic E-state index is -0.653. The Labute approximate surface area is 119 Å². The molecule has 0 heterocycles. The standard InChI is InChI=1S/C14H10Cl2F2O/c15-7-9-2-1-3-12(16)14(9)19-8-10-4-5-11(17)6-13(10)18/h1-6H,7-8H2. The third kappa shape index (κ3) is 3.37. The summed E-state index contributed by atoms with van der Waals surface area (Å²) in [4.78, 5) is 0. The maximum absolute atomic E-state index is 13.5. The van der Waals surface area contributed by atoms with Crippen molar-refractivity contribution in [3.8, 4) is 5.75 Å². The summed E-state index contributed by atoms with van der Waals surface area (Å²) in [5.74, 6) is -0.621. The van der Waals surface area contributed by atoms with E-state index in [-0.39, 0.29) is 18.1 Å². The molecule has 5 heteroatoms. The van der Waals surface area contributed by atoms with Gasteiger partial charge in [0.2, 0.25) is 0 Å². The van der Waals surface area contributed by atoms with Crippen LogP contribution in [0.3, 0.4) is 0 Å². The molecule has 2 rings (SSSR count). The Bertz CT molecular complexity index is 588. The second-order valence-corrected chi connectivity index (χ2v) is 4.56. The highest BCUT2D eigenvalue weighted by molar-refractivity contribution is 6.32. The average Bonchev–Trinajstić information content (AvgIpc) is 2.39. The molecule has 0 aliphatic carbocycles. The first-order valence-corrected chi connectivity index (χ1v) is 6.43. The van der Waals surface area contributed by atoms with Gasteiger partial charge in [0, 0.05) is 17.2 Å². The summed E-state index contributed by atoms with van der Waals surface area (Å²) < 4.78 is 31.7. The van der Waals surface area contributed by atoms with Gasteiger partial charge in [-0.3, -0.25) is 0 Å². The van der Waals surface area contributed by atoms with Crippen molar-refractivity contribution in [2.45, 2.75) is 12.5 Å². The zero-order valence-corrected chi connectivity index (χ0v) is 11.3. The fourth-order valence-electron chi connectivity index (χ4n) is 1.61. The minimum Gasteiger partial charge on any atom is -0.487 e. The predicted octanol–water partition coefficient (Wildman–Crippen LogP) is 4.94. The van der Waals surface area contributed by atoms with E-state index in [1.54, 1.807) is 18.2 Å². The van der Waals surface area contributed by atoms with Gasteiger partial charge in [-0.05, 0) is 18.2 Å². The molecule has 0 radical (unpaired) electrons. The number of ether oxygens (including phenoxy) is 1. The molecule has 0 spiro atoms. The lowest BCUT2D eigenvalue weighted by Gasteiger charge is -2.12. The van der Waals surface area contributed by atoms with Crippen LogP contribution in [-0.4, -0.2) is 0 Å². The summed E-state index contributed by atoms with van der Waals surface area (Å²) in [6.45, 7) is -0.0419. The first-order valence-electron chi connectivity index (χ1n) is 5.52. The molecule has 2 aromatic rings. The number of hydrogen-bond donors (Lipinski definition) is 0. The fourth-order valence-corrected chi connectivity index (χ4v) is 2.07. The Morgan fingerprint density at radius 2 is 1.84 bits per heavy atom. The number of rotatable bonds is 4. The van der Waals surface area contributed by atoms with E-state index in [2.05, 4.69) is 0 Å². The van der Waals surface area contributed by atoms with E-state index in [9.17, 15) is 8.78 Å². The van der Waals surface area contributed by atoms with Gasteiger partial charge in [0.25, 0.3) is 0 Å². The van der Waals surface area contributed by atoms with E-state index < -0.39 is 11.6 Å². The van der Waals surface area contributed by atoms with Gasteiger partial charge < -0.3 is 4.74 Å². The molecule has 0 unspecified atom stereocenters. The van der Waals surface area contributed by atoms with Crippen molar-refractivity contribution in [1.82, 2.24) is 0 Å². The summed E-state index contributed by atoms with van der Waals surface area (Å²) in [7, 11) is 0. The van der Waals surface area contributed by atoms with Gasteiger partial charge in [-0.25, -0.2) is 8.78 Å². The van der Waals surface area contributed by atoms with Gasteiger partial charge >= 0.3 is 0 Å². The molecule has 0 aromatic heterocycles. The van der Waals surface area contributed by atoms with Crippen molar-refractivity contribution in [1.29, 1.82) is 0 Å². The van der Waals surface area contributed by atoms with E-state index in [0.717, 1.165) is 11.6 Å². The Hall–Kier alpha value is -1.32. The van der Waals surface area contributed by atoms with Gasteiger partial charge in [-0.15, -0.1) is 11.6 Å².